The molecule has 1 aliphatic rings. The number of nitrogens with one attached hydrogen (secondary N) is 9. The minimum Gasteiger partial charge on any atom is -0.480 e. The number of carbonyl (C=O) groups excluding carboxylic acids is 9. The van der Waals surface area contributed by atoms with Gasteiger partial charge in [-0.25, -0.2) is 9.78 Å². The number of amides is 9. The van der Waals surface area contributed by atoms with Crippen LogP contribution in [0.5, 0.6) is 0 Å². The van der Waals surface area contributed by atoms with E-state index < -0.39 is 139 Å². The van der Waals surface area contributed by atoms with Crippen molar-refractivity contribution in [3.05, 3.63) is 18.2 Å². The zero-order valence-corrected chi connectivity index (χ0v) is 48.8. The lowest BCUT2D eigenvalue weighted by Gasteiger charge is -2.30. The molecule has 1 aliphatic carbocycles. The number of carboxylic acid groups (broad SMARTS) is 1. The van der Waals surface area contributed by atoms with Gasteiger partial charge in [0.2, 0.25) is 53.2 Å². The van der Waals surface area contributed by atoms with E-state index in [1.807, 2.05) is 0 Å². The molecule has 1 saturated carbocycles. The number of carbonyl (C=O) groups is 10. The van der Waals surface area contributed by atoms with E-state index in [-0.39, 0.29) is 75.5 Å². The lowest BCUT2D eigenvalue weighted by atomic mass is 9.84. The first-order chi connectivity index (χ1) is 39.0. The van der Waals surface area contributed by atoms with Crippen molar-refractivity contribution in [1.82, 2.24) is 57.4 Å². The Morgan fingerprint density at radius 2 is 1.24 bits per heavy atom. The summed E-state index contributed by atoms with van der Waals surface area (Å²) >= 11 is 0. The predicted octanol–water partition coefficient (Wildman–Crippen LogP) is -4.74. The summed E-state index contributed by atoms with van der Waals surface area (Å²) in [6.45, 7) is 9.43. The number of aliphatic carboxylic acids is 1. The highest BCUT2D eigenvalue weighted by Gasteiger charge is 2.37. The number of hydrogen-bond acceptors (Lipinski definition) is 16. The molecule has 1 aromatic rings. The zero-order chi connectivity index (χ0) is 62.5. The van der Waals surface area contributed by atoms with Crippen molar-refractivity contribution < 1.29 is 63.3 Å². The molecule has 1 unspecified atom stereocenters. The summed E-state index contributed by atoms with van der Waals surface area (Å²) in [6, 6.07) is -10.9. The molecule has 83 heavy (non-hydrogen) atoms. The number of aliphatic hydroxyl groups excluding tert-OH is 2. The molecule has 1 fully saturated rings. The van der Waals surface area contributed by atoms with E-state index in [9.17, 15) is 63.3 Å². The van der Waals surface area contributed by atoms with Crippen molar-refractivity contribution in [2.24, 2.45) is 56.4 Å². The maximum Gasteiger partial charge on any atom is 0.326 e. The maximum atomic E-state index is 14.3. The molecule has 31 nitrogen and oxygen atoms in total. The van der Waals surface area contributed by atoms with Gasteiger partial charge in [-0.05, 0) is 70.6 Å². The average molecular weight is 1180 g/mol. The fraction of sp³-hybridized carbons (Fsp3) is 0.712. The van der Waals surface area contributed by atoms with Crippen LogP contribution in [0.1, 0.15) is 125 Å². The highest BCUT2D eigenvalue weighted by Crippen LogP contribution is 2.27. The normalized spacial score (nSPS) is 16.4. The van der Waals surface area contributed by atoms with Gasteiger partial charge in [-0.3, -0.25) is 53.1 Å². The molecule has 1 aromatic heterocycles. The topological polar surface area (TPSA) is 514 Å². The Morgan fingerprint density at radius 1 is 0.687 bits per heavy atom. The monoisotopic (exact) mass is 1180 g/mol. The predicted molar refractivity (Wildman–Crippen MR) is 305 cm³/mol. The van der Waals surface area contributed by atoms with Crippen LogP contribution in [-0.2, 0) is 54.4 Å². The number of aromatic amines is 1. The molecule has 0 saturated heterocycles. The van der Waals surface area contributed by atoms with E-state index in [1.165, 1.54) is 19.4 Å². The fourth-order valence-electron chi connectivity index (χ4n) is 8.92. The first-order valence-electron chi connectivity index (χ1n) is 28.1. The van der Waals surface area contributed by atoms with E-state index in [2.05, 4.69) is 62.5 Å². The Labute approximate surface area is 483 Å². The first kappa shape index (κ1) is 71.4. The van der Waals surface area contributed by atoms with Crippen molar-refractivity contribution in [3.63, 3.8) is 0 Å². The Bertz CT molecular complexity index is 2340. The van der Waals surface area contributed by atoms with E-state index in [4.69, 9.17) is 28.7 Å². The van der Waals surface area contributed by atoms with Crippen molar-refractivity contribution >= 4 is 71.1 Å². The average Bonchev–Trinajstić information content (AvgIpc) is 4.07. The van der Waals surface area contributed by atoms with Gasteiger partial charge in [-0.15, -0.1) is 0 Å². The number of carboxylic acids is 1. The summed E-state index contributed by atoms with van der Waals surface area (Å²) in [5.74, 6) is -9.92. The van der Waals surface area contributed by atoms with E-state index in [0.717, 1.165) is 50.9 Å². The van der Waals surface area contributed by atoms with E-state index in [0.29, 0.717) is 18.5 Å². The van der Waals surface area contributed by atoms with Crippen LogP contribution in [0.25, 0.3) is 0 Å². The minimum absolute atomic E-state index is 0.0156. The third-order valence-electron chi connectivity index (χ3n) is 13.8. The van der Waals surface area contributed by atoms with Gasteiger partial charge < -0.3 is 96.4 Å². The van der Waals surface area contributed by atoms with Crippen molar-refractivity contribution in [1.29, 1.82) is 0 Å². The smallest absolute Gasteiger partial charge is 0.326 e. The van der Waals surface area contributed by atoms with Gasteiger partial charge in [0.05, 0.1) is 37.7 Å². The van der Waals surface area contributed by atoms with Crippen LogP contribution in [0.3, 0.4) is 0 Å². The molecular formula is C52H92N18O13. The van der Waals surface area contributed by atoms with Crippen LogP contribution < -0.4 is 71.2 Å². The van der Waals surface area contributed by atoms with Gasteiger partial charge in [-0.2, -0.15) is 0 Å². The van der Waals surface area contributed by atoms with Crippen LogP contribution in [-0.4, -0.2) is 195 Å². The number of guanidine groups is 2. The van der Waals surface area contributed by atoms with Gasteiger partial charge >= 0.3 is 5.97 Å². The quantitative estimate of drug-likeness (QED) is 0.0169. The lowest BCUT2D eigenvalue weighted by Crippen LogP contribution is -2.62. The van der Waals surface area contributed by atoms with Crippen LogP contribution in [0.15, 0.2) is 22.5 Å². The van der Waals surface area contributed by atoms with Crippen LogP contribution >= 0.6 is 0 Å². The van der Waals surface area contributed by atoms with Crippen molar-refractivity contribution in [3.8, 4) is 0 Å². The number of nitrogens with zero attached hydrogens (tertiary/aromatic N) is 4. The van der Waals surface area contributed by atoms with E-state index in [1.54, 1.807) is 27.7 Å². The largest absolute Gasteiger partial charge is 0.480 e. The Morgan fingerprint density at radius 3 is 1.80 bits per heavy atom. The van der Waals surface area contributed by atoms with Crippen molar-refractivity contribution in [2.75, 3.05) is 32.7 Å². The molecule has 0 bridgehead atoms. The number of rotatable bonds is 37. The number of imidazole rings is 1. The van der Waals surface area contributed by atoms with Crippen LogP contribution in [0.4, 0.5) is 0 Å². The van der Waals surface area contributed by atoms with Gasteiger partial charge in [0.1, 0.15) is 42.3 Å². The molecule has 468 valence electrons. The SMILES string of the molecule is CCC(C)[C@H](NC(=O)CN(CCCN=C(N)N)C(=O)CNC(=O)[C@@H](NC(=O)[C@@H](NC(=O)[C@H](Cc1cnc[nH]1)NC(=O)[C@H](CC1CCCCC1)NC(=O)[C@H](C)NC(=O)[C@@H](N)CCCN=C(N)N)[C@@H](C)O)[C@@H](C)O)C(=O)N[C@H](CC(C)C)C(=O)O. The molecule has 31 heteroatoms. The third kappa shape index (κ3) is 26.9. The molecule has 0 radical (unpaired) electrons. The summed E-state index contributed by atoms with van der Waals surface area (Å²) in [7, 11) is 0. The standard InChI is InChI=1S/C52H92N18O13/c1-8-28(4)40(48(80)66-37(50(82)83)20-27(2)3)67-38(73)25-70(19-13-18-60-52(56)57)39(74)24-61-47(79)41(30(6)71)69-49(81)42(31(7)72)68-46(78)36(22-33-23-58-26-62-33)65-45(77)35(21-32-14-10-9-11-15-32)64-43(75)29(5)63-44(76)34(53)16-12-17-59-51(54)55/h23,26-32,34-37,40-42,71-72H,8-22,24-25,53H2,1-7H3,(H,58,62)(H,61,79)(H,63,76)(H,64,75)(H,65,77)(H,66,80)(H,67,73)(H,68,78)(H,69,81)(H,82,83)(H4,54,55,59)(H4,56,57,60)/t28?,29-,30+,31+,34-,35-,36-,37+,40-,41-,42-/m0/s1. The number of H-pyrrole nitrogens is 1. The Hall–Kier alpha value is -7.67. The van der Waals surface area contributed by atoms with Crippen molar-refractivity contribution in [2.45, 2.75) is 186 Å². The van der Waals surface area contributed by atoms with Gasteiger partial charge in [0, 0.05) is 37.9 Å². The maximum absolute atomic E-state index is 14.3. The van der Waals surface area contributed by atoms with Gasteiger partial charge in [0.15, 0.2) is 11.9 Å². The summed E-state index contributed by atoms with van der Waals surface area (Å²) in [5.41, 5.74) is 28.0. The lowest BCUT2D eigenvalue weighted by molar-refractivity contribution is -0.143. The highest BCUT2D eigenvalue weighted by molar-refractivity contribution is 5.98. The summed E-state index contributed by atoms with van der Waals surface area (Å²) < 4.78 is 0. The third-order valence-corrected chi connectivity index (χ3v) is 13.8. The molecule has 22 N–H and O–H groups in total. The molecule has 0 aromatic carbocycles. The summed E-state index contributed by atoms with van der Waals surface area (Å²) in [6.07, 6.45) is 4.93. The number of hydrogen-bond donors (Lipinski definition) is 17. The molecule has 2 rings (SSSR count). The first-order valence-corrected chi connectivity index (χ1v) is 28.1. The highest BCUT2D eigenvalue weighted by atomic mass is 16.4. The number of aromatic nitrogens is 2. The molecular weight excluding hydrogens is 1080 g/mol. The van der Waals surface area contributed by atoms with Crippen LogP contribution in [0, 0.1) is 17.8 Å². The summed E-state index contributed by atoms with van der Waals surface area (Å²) in [5, 5.41) is 51.5. The molecule has 9 amide bonds. The van der Waals surface area contributed by atoms with Gasteiger partial charge in [-0.1, -0.05) is 66.2 Å². The van der Waals surface area contributed by atoms with Gasteiger partial charge in [0.25, 0.3) is 0 Å². The second-order valence-electron chi connectivity index (χ2n) is 21.5. The second-order valence-corrected chi connectivity index (χ2v) is 21.5. The number of aliphatic hydroxyl groups is 2. The second kappa shape index (κ2) is 36.7. The molecule has 0 spiro atoms. The molecule has 0 aliphatic heterocycles. The van der Waals surface area contributed by atoms with E-state index >= 15 is 0 Å². The van der Waals surface area contributed by atoms with Crippen LogP contribution in [0.2, 0.25) is 0 Å². The minimum atomic E-state index is -1.83. The Kier molecular flexibility index (Phi) is 31.6. The number of aliphatic imine (C=N–C) groups is 2. The number of nitrogens with two attached hydrogens (primary N) is 5. The fourth-order valence-corrected chi connectivity index (χ4v) is 8.92. The summed E-state index contributed by atoms with van der Waals surface area (Å²) in [4.78, 5) is 151. The Balaban J connectivity index is 2.31. The molecule has 1 heterocycles. The molecule has 11 atom stereocenters. The zero-order valence-electron chi connectivity index (χ0n) is 48.8.